The van der Waals surface area contributed by atoms with Crippen molar-refractivity contribution >= 4 is 40.9 Å². The van der Waals surface area contributed by atoms with Crippen LogP contribution in [0.4, 0.5) is 14.9 Å². The van der Waals surface area contributed by atoms with Crippen molar-refractivity contribution in [2.24, 2.45) is 0 Å². The Hall–Kier alpha value is -3.26. The van der Waals surface area contributed by atoms with Crippen LogP contribution in [0.3, 0.4) is 0 Å². The van der Waals surface area contributed by atoms with Crippen LogP contribution in [0.5, 0.6) is 0 Å². The first-order valence-corrected chi connectivity index (χ1v) is 10.1. The third-order valence-corrected chi connectivity index (χ3v) is 5.33. The van der Waals surface area contributed by atoms with Gasteiger partial charge >= 0.3 is 6.03 Å². The summed E-state index contributed by atoms with van der Waals surface area (Å²) in [6.07, 6.45) is 1.11. The molecule has 1 fully saturated rings. The predicted molar refractivity (Wildman–Crippen MR) is 113 cm³/mol. The molecule has 2 aromatic carbocycles. The number of hydrogen-bond acceptors (Lipinski definition) is 4. The minimum atomic E-state index is -1.52. The second kappa shape index (κ2) is 8.85. The van der Waals surface area contributed by atoms with Gasteiger partial charge < -0.3 is 10.6 Å². The number of carbonyl (C=O) groups is 4. The highest BCUT2D eigenvalue weighted by molar-refractivity contribution is 6.32. The molecule has 3 rings (SSSR count). The Morgan fingerprint density at radius 2 is 1.84 bits per heavy atom. The number of benzene rings is 2. The fourth-order valence-electron chi connectivity index (χ4n) is 3.34. The number of Topliss-reactive ketones (excluding diaryl/α,β-unsaturated/α-hetero) is 1. The third-order valence-electron chi connectivity index (χ3n) is 5.01. The predicted octanol–water partition coefficient (Wildman–Crippen LogP) is 3.87. The lowest BCUT2D eigenvalue weighted by molar-refractivity contribution is -0.130. The number of carbonyl (C=O) groups excluding carboxylic acids is 4. The highest BCUT2D eigenvalue weighted by atomic mass is 35.5. The van der Waals surface area contributed by atoms with E-state index >= 15 is 0 Å². The molecule has 0 saturated carbocycles. The molecule has 1 saturated heterocycles. The summed E-state index contributed by atoms with van der Waals surface area (Å²) in [4.78, 5) is 50.5. The second-order valence-electron chi connectivity index (χ2n) is 7.37. The number of urea groups is 1. The van der Waals surface area contributed by atoms with Crippen LogP contribution in [0.2, 0.25) is 5.02 Å². The van der Waals surface area contributed by atoms with Crippen molar-refractivity contribution in [2.45, 2.75) is 32.2 Å². The van der Waals surface area contributed by atoms with Gasteiger partial charge in [-0.25, -0.2) is 9.18 Å². The Balaban J connectivity index is 1.74. The zero-order chi connectivity index (χ0) is 22.8. The molecule has 1 aliphatic rings. The molecular weight excluding hydrogens is 425 g/mol. The van der Waals surface area contributed by atoms with E-state index in [0.29, 0.717) is 12.1 Å². The molecule has 0 bridgehead atoms. The van der Waals surface area contributed by atoms with Gasteiger partial charge in [0.2, 0.25) is 5.91 Å². The highest BCUT2D eigenvalue weighted by Gasteiger charge is 2.50. The summed E-state index contributed by atoms with van der Waals surface area (Å²) in [7, 11) is 0. The summed E-state index contributed by atoms with van der Waals surface area (Å²) >= 11 is 6.07. The number of ketones is 1. The van der Waals surface area contributed by atoms with Crippen molar-refractivity contribution in [3.05, 3.63) is 64.4 Å². The fraction of sp³-hybridized carbons (Fsp3) is 0.273. The van der Waals surface area contributed by atoms with Crippen LogP contribution in [-0.2, 0) is 15.1 Å². The molecule has 1 unspecified atom stereocenters. The van der Waals surface area contributed by atoms with Crippen molar-refractivity contribution in [3.63, 3.8) is 0 Å². The average molecular weight is 446 g/mol. The van der Waals surface area contributed by atoms with E-state index in [2.05, 4.69) is 10.6 Å². The zero-order valence-electron chi connectivity index (χ0n) is 17.0. The molecule has 2 N–H and O–H groups in total. The smallest absolute Gasteiger partial charge is 0.325 e. The molecular formula is C22H21ClFN3O4. The summed E-state index contributed by atoms with van der Waals surface area (Å²) < 4.78 is 13.4. The summed E-state index contributed by atoms with van der Waals surface area (Å²) in [5.41, 5.74) is -0.461. The average Bonchev–Trinajstić information content (AvgIpc) is 2.92. The normalized spacial score (nSPS) is 18.1. The van der Waals surface area contributed by atoms with Gasteiger partial charge in [-0.1, -0.05) is 24.6 Å². The molecule has 0 aromatic heterocycles. The van der Waals surface area contributed by atoms with Gasteiger partial charge in [0.15, 0.2) is 5.78 Å². The van der Waals surface area contributed by atoms with E-state index in [1.165, 1.54) is 25.1 Å². The number of nitrogens with zero attached hydrogens (tertiary/aromatic N) is 1. The van der Waals surface area contributed by atoms with E-state index in [1.54, 1.807) is 12.1 Å². The van der Waals surface area contributed by atoms with E-state index in [-0.39, 0.29) is 22.1 Å². The minimum absolute atomic E-state index is 0.00923. The molecule has 9 heteroatoms. The number of imide groups is 1. The molecule has 0 aliphatic carbocycles. The van der Waals surface area contributed by atoms with E-state index in [4.69, 9.17) is 11.6 Å². The van der Waals surface area contributed by atoms with Gasteiger partial charge in [-0.15, -0.1) is 0 Å². The Bertz CT molecular complexity index is 1060. The lowest BCUT2D eigenvalue weighted by Crippen LogP contribution is -2.41. The molecule has 0 radical (unpaired) electrons. The topological polar surface area (TPSA) is 95.6 Å². The van der Waals surface area contributed by atoms with Crippen molar-refractivity contribution in [1.29, 1.82) is 0 Å². The molecule has 4 amide bonds. The van der Waals surface area contributed by atoms with E-state index in [0.717, 1.165) is 23.5 Å². The fourth-order valence-corrected chi connectivity index (χ4v) is 3.70. The summed E-state index contributed by atoms with van der Waals surface area (Å²) in [5, 5.41) is 5.24. The first kappa shape index (κ1) is 22.4. The second-order valence-corrected chi connectivity index (χ2v) is 7.78. The number of nitrogens with one attached hydrogen (secondary N) is 2. The monoisotopic (exact) mass is 445 g/mol. The molecule has 1 aliphatic heterocycles. The number of rotatable bonds is 7. The van der Waals surface area contributed by atoms with Gasteiger partial charge in [0, 0.05) is 28.3 Å². The molecule has 2 aromatic rings. The van der Waals surface area contributed by atoms with E-state index in [1.807, 2.05) is 6.92 Å². The van der Waals surface area contributed by atoms with Gasteiger partial charge in [0.05, 0.1) is 6.54 Å². The van der Waals surface area contributed by atoms with Crippen molar-refractivity contribution in [3.8, 4) is 0 Å². The third kappa shape index (κ3) is 4.59. The summed E-state index contributed by atoms with van der Waals surface area (Å²) in [6, 6.07) is 8.95. The minimum Gasteiger partial charge on any atom is -0.326 e. The van der Waals surface area contributed by atoms with Gasteiger partial charge in [0.1, 0.15) is 11.4 Å². The summed E-state index contributed by atoms with van der Waals surface area (Å²) in [6.45, 7) is 2.87. The largest absolute Gasteiger partial charge is 0.326 e. The van der Waals surface area contributed by atoms with Crippen LogP contribution in [0.25, 0.3) is 0 Å². The molecule has 7 nitrogen and oxygen atoms in total. The Morgan fingerprint density at radius 1 is 1.16 bits per heavy atom. The van der Waals surface area contributed by atoms with Gasteiger partial charge in [-0.3, -0.25) is 19.3 Å². The number of amides is 4. The van der Waals surface area contributed by atoms with Crippen molar-refractivity contribution in [1.82, 2.24) is 10.2 Å². The molecule has 0 spiro atoms. The van der Waals surface area contributed by atoms with Crippen LogP contribution < -0.4 is 10.6 Å². The van der Waals surface area contributed by atoms with Crippen LogP contribution in [0, 0.1) is 5.82 Å². The molecule has 1 atom stereocenters. The van der Waals surface area contributed by atoms with Crippen LogP contribution in [0.15, 0.2) is 42.5 Å². The lowest BCUT2D eigenvalue weighted by atomic mass is 9.92. The highest BCUT2D eigenvalue weighted by Crippen LogP contribution is 2.34. The molecule has 31 heavy (non-hydrogen) atoms. The zero-order valence-corrected chi connectivity index (χ0v) is 17.8. The Kier molecular flexibility index (Phi) is 6.40. The van der Waals surface area contributed by atoms with Crippen molar-refractivity contribution < 1.29 is 23.6 Å². The van der Waals surface area contributed by atoms with Crippen LogP contribution in [0.1, 0.15) is 42.6 Å². The standard InChI is InChI=1S/C22H21ClFN3O4/c1-3-4-19(29)25-15-8-5-13(6-9-15)18(28)12-27-20(30)22(2,26-21(27)31)16-10-7-14(24)11-17(16)23/h5-11H,3-4,12H2,1-2H3,(H,25,29)(H,26,31). The van der Waals surface area contributed by atoms with Crippen molar-refractivity contribution in [2.75, 3.05) is 11.9 Å². The van der Waals surface area contributed by atoms with E-state index in [9.17, 15) is 23.6 Å². The van der Waals surface area contributed by atoms with Gasteiger partial charge in [0.25, 0.3) is 5.91 Å². The summed E-state index contributed by atoms with van der Waals surface area (Å²) in [5.74, 6) is -1.82. The van der Waals surface area contributed by atoms with E-state index < -0.39 is 35.6 Å². The maximum absolute atomic E-state index is 13.4. The first-order valence-electron chi connectivity index (χ1n) is 9.68. The van der Waals surface area contributed by atoms with Gasteiger partial charge in [-0.2, -0.15) is 0 Å². The Morgan fingerprint density at radius 3 is 2.45 bits per heavy atom. The molecule has 162 valence electrons. The van der Waals surface area contributed by atoms with Crippen LogP contribution >= 0.6 is 11.6 Å². The number of hydrogen-bond donors (Lipinski definition) is 2. The SMILES string of the molecule is CCCC(=O)Nc1ccc(C(=O)CN2C(=O)NC(C)(c3ccc(F)cc3Cl)C2=O)cc1. The molecule has 1 heterocycles. The number of halogens is 2. The first-order chi connectivity index (χ1) is 14.7. The quantitative estimate of drug-likeness (QED) is 0.499. The Labute approximate surface area is 183 Å². The lowest BCUT2D eigenvalue weighted by Gasteiger charge is -2.23. The maximum atomic E-state index is 13.4. The maximum Gasteiger partial charge on any atom is 0.325 e. The van der Waals surface area contributed by atoms with Gasteiger partial charge in [-0.05, 0) is 49.7 Å². The van der Waals surface area contributed by atoms with Crippen LogP contribution in [-0.4, -0.2) is 35.1 Å². The number of anilines is 1.